The molecular formula is C10H11BrN2O. The molecule has 1 atom stereocenters. The first-order valence-electron chi connectivity index (χ1n) is 4.45. The van der Waals surface area contributed by atoms with Crippen molar-refractivity contribution in [3.63, 3.8) is 0 Å². The minimum Gasteiger partial charge on any atom is -0.281 e. The van der Waals surface area contributed by atoms with Gasteiger partial charge in [0.05, 0.1) is 6.04 Å². The van der Waals surface area contributed by atoms with Crippen LogP contribution in [0.4, 0.5) is 0 Å². The molecule has 0 radical (unpaired) electrons. The third-order valence-electron chi connectivity index (χ3n) is 2.35. The van der Waals surface area contributed by atoms with Gasteiger partial charge >= 0.3 is 0 Å². The topological polar surface area (TPSA) is 32.3 Å². The van der Waals surface area contributed by atoms with Crippen LogP contribution in [0.15, 0.2) is 28.7 Å². The highest BCUT2D eigenvalue weighted by atomic mass is 79.9. The number of hydrogen-bond donors (Lipinski definition) is 1. The summed E-state index contributed by atoms with van der Waals surface area (Å²) < 4.78 is 1.04. The molecule has 1 amide bonds. The SMILES string of the molecule is CN1NC(c2cccc(Br)c2)CC1=O. The van der Waals surface area contributed by atoms with E-state index in [9.17, 15) is 4.79 Å². The molecule has 4 heteroatoms. The molecule has 0 bridgehead atoms. The van der Waals surface area contributed by atoms with Crippen LogP contribution in [0.1, 0.15) is 18.0 Å². The van der Waals surface area contributed by atoms with Crippen LogP contribution in [0.2, 0.25) is 0 Å². The lowest BCUT2D eigenvalue weighted by Crippen LogP contribution is -2.30. The van der Waals surface area contributed by atoms with Crippen LogP contribution in [0, 0.1) is 0 Å². The average Bonchev–Trinajstić information content (AvgIpc) is 2.47. The summed E-state index contributed by atoms with van der Waals surface area (Å²) in [5.41, 5.74) is 4.25. The fourth-order valence-electron chi connectivity index (χ4n) is 1.58. The summed E-state index contributed by atoms with van der Waals surface area (Å²) in [6.07, 6.45) is 0.535. The lowest BCUT2D eigenvalue weighted by Gasteiger charge is -2.12. The number of benzene rings is 1. The lowest BCUT2D eigenvalue weighted by atomic mass is 10.1. The van der Waals surface area contributed by atoms with Crippen LogP contribution in [0.3, 0.4) is 0 Å². The van der Waals surface area contributed by atoms with E-state index in [-0.39, 0.29) is 11.9 Å². The van der Waals surface area contributed by atoms with Gasteiger partial charge in [0.15, 0.2) is 0 Å². The van der Waals surface area contributed by atoms with E-state index in [1.54, 1.807) is 12.1 Å². The molecule has 1 aliphatic rings. The number of amides is 1. The molecule has 1 aliphatic heterocycles. The van der Waals surface area contributed by atoms with Gasteiger partial charge in [-0.2, -0.15) is 0 Å². The monoisotopic (exact) mass is 254 g/mol. The maximum Gasteiger partial charge on any atom is 0.238 e. The molecule has 1 heterocycles. The summed E-state index contributed by atoms with van der Waals surface area (Å²) >= 11 is 3.41. The van der Waals surface area contributed by atoms with Crippen LogP contribution < -0.4 is 5.43 Å². The molecule has 0 spiro atoms. The van der Waals surface area contributed by atoms with Crippen LogP contribution in [0.5, 0.6) is 0 Å². The molecule has 1 fully saturated rings. The third kappa shape index (κ3) is 1.81. The molecule has 1 aromatic carbocycles. The van der Waals surface area contributed by atoms with Crippen molar-refractivity contribution in [3.05, 3.63) is 34.3 Å². The van der Waals surface area contributed by atoms with Crippen molar-refractivity contribution >= 4 is 21.8 Å². The quantitative estimate of drug-likeness (QED) is 0.830. The smallest absolute Gasteiger partial charge is 0.238 e. The van der Waals surface area contributed by atoms with Crippen LogP contribution in [0.25, 0.3) is 0 Å². The summed E-state index contributed by atoms with van der Waals surface area (Å²) in [6.45, 7) is 0. The number of carbonyl (C=O) groups excluding carboxylic acids is 1. The van der Waals surface area contributed by atoms with Gasteiger partial charge in [0.2, 0.25) is 5.91 Å². The van der Waals surface area contributed by atoms with Gasteiger partial charge in [0, 0.05) is 17.9 Å². The zero-order chi connectivity index (χ0) is 10.1. The van der Waals surface area contributed by atoms with Gasteiger partial charge in [0.25, 0.3) is 0 Å². The molecular weight excluding hydrogens is 244 g/mol. The number of carbonyl (C=O) groups is 1. The van der Waals surface area contributed by atoms with E-state index in [2.05, 4.69) is 21.4 Å². The van der Waals surface area contributed by atoms with Gasteiger partial charge in [0.1, 0.15) is 0 Å². The summed E-state index contributed by atoms with van der Waals surface area (Å²) in [4.78, 5) is 11.3. The fourth-order valence-corrected chi connectivity index (χ4v) is 2.00. The molecule has 1 unspecified atom stereocenters. The molecule has 14 heavy (non-hydrogen) atoms. The standard InChI is InChI=1S/C10H11BrN2O/c1-13-10(14)6-9(12-13)7-3-2-4-8(11)5-7/h2-5,9,12H,6H2,1H3. The summed E-state index contributed by atoms with van der Waals surface area (Å²) in [6, 6.07) is 8.12. The number of hydrazine groups is 1. The van der Waals surface area contributed by atoms with Gasteiger partial charge in [-0.05, 0) is 17.7 Å². The Hall–Kier alpha value is -0.870. The molecule has 2 rings (SSSR count). The van der Waals surface area contributed by atoms with Gasteiger partial charge in [-0.3, -0.25) is 9.80 Å². The number of nitrogens with one attached hydrogen (secondary N) is 1. The maximum absolute atomic E-state index is 11.3. The second-order valence-electron chi connectivity index (χ2n) is 3.39. The van der Waals surface area contributed by atoms with Crippen LogP contribution in [-0.4, -0.2) is 18.0 Å². The number of rotatable bonds is 1. The van der Waals surface area contributed by atoms with E-state index >= 15 is 0 Å². The minimum absolute atomic E-state index is 0.116. The van der Waals surface area contributed by atoms with E-state index in [0.717, 1.165) is 10.0 Å². The highest BCUT2D eigenvalue weighted by Gasteiger charge is 2.27. The Labute approximate surface area is 91.2 Å². The average molecular weight is 255 g/mol. The predicted molar refractivity (Wildman–Crippen MR) is 57.4 cm³/mol. The van der Waals surface area contributed by atoms with E-state index in [1.807, 2.05) is 24.3 Å². The van der Waals surface area contributed by atoms with Gasteiger partial charge in [-0.25, -0.2) is 5.43 Å². The number of hydrogen-bond acceptors (Lipinski definition) is 2. The van der Waals surface area contributed by atoms with Crippen molar-refractivity contribution in [1.29, 1.82) is 0 Å². The molecule has 1 N–H and O–H groups in total. The van der Waals surface area contributed by atoms with Crippen molar-refractivity contribution in [1.82, 2.24) is 10.4 Å². The van der Waals surface area contributed by atoms with E-state index in [1.165, 1.54) is 0 Å². The number of nitrogens with zero attached hydrogens (tertiary/aromatic N) is 1. The first-order chi connectivity index (χ1) is 6.66. The predicted octanol–water partition coefficient (Wildman–Crippen LogP) is 1.86. The Morgan fingerprint density at radius 3 is 2.93 bits per heavy atom. The van der Waals surface area contributed by atoms with Crippen molar-refractivity contribution < 1.29 is 4.79 Å². The Bertz CT molecular complexity index is 367. The van der Waals surface area contributed by atoms with E-state index in [4.69, 9.17) is 0 Å². The molecule has 3 nitrogen and oxygen atoms in total. The second kappa shape index (κ2) is 3.71. The second-order valence-corrected chi connectivity index (χ2v) is 4.31. The van der Waals surface area contributed by atoms with Crippen LogP contribution in [-0.2, 0) is 4.79 Å². The zero-order valence-electron chi connectivity index (χ0n) is 7.83. The summed E-state index contributed by atoms with van der Waals surface area (Å²) in [5, 5.41) is 1.55. The summed E-state index contributed by atoms with van der Waals surface area (Å²) in [5.74, 6) is 0.134. The molecule has 1 saturated heterocycles. The van der Waals surface area contributed by atoms with Crippen molar-refractivity contribution in [2.24, 2.45) is 0 Å². The number of halogens is 1. The Morgan fingerprint density at radius 2 is 2.36 bits per heavy atom. The zero-order valence-corrected chi connectivity index (χ0v) is 9.41. The first-order valence-corrected chi connectivity index (χ1v) is 5.24. The van der Waals surface area contributed by atoms with Crippen LogP contribution >= 0.6 is 15.9 Å². The third-order valence-corrected chi connectivity index (χ3v) is 2.85. The first kappa shape index (κ1) is 9.68. The minimum atomic E-state index is 0.116. The fraction of sp³-hybridized carbons (Fsp3) is 0.300. The lowest BCUT2D eigenvalue weighted by molar-refractivity contribution is -0.128. The normalized spacial score (nSPS) is 21.7. The van der Waals surface area contributed by atoms with Gasteiger partial charge in [-0.1, -0.05) is 28.1 Å². The largest absolute Gasteiger partial charge is 0.281 e. The Kier molecular flexibility index (Phi) is 2.56. The molecule has 74 valence electrons. The Balaban J connectivity index is 2.21. The maximum atomic E-state index is 11.3. The molecule has 1 aromatic rings. The molecule has 0 aliphatic carbocycles. The van der Waals surface area contributed by atoms with Gasteiger partial charge in [-0.15, -0.1) is 0 Å². The molecule has 0 saturated carbocycles. The van der Waals surface area contributed by atoms with Crippen molar-refractivity contribution in [2.45, 2.75) is 12.5 Å². The van der Waals surface area contributed by atoms with Gasteiger partial charge < -0.3 is 0 Å². The van der Waals surface area contributed by atoms with Crippen molar-refractivity contribution in [3.8, 4) is 0 Å². The Morgan fingerprint density at radius 1 is 1.57 bits per heavy atom. The van der Waals surface area contributed by atoms with Crippen molar-refractivity contribution in [2.75, 3.05) is 7.05 Å². The highest BCUT2D eigenvalue weighted by Crippen LogP contribution is 2.24. The summed E-state index contributed by atoms with van der Waals surface area (Å²) in [7, 11) is 1.75. The van der Waals surface area contributed by atoms with E-state index in [0.29, 0.717) is 6.42 Å². The highest BCUT2D eigenvalue weighted by molar-refractivity contribution is 9.10. The van der Waals surface area contributed by atoms with E-state index < -0.39 is 0 Å². The molecule has 0 aromatic heterocycles.